The maximum Gasteiger partial charge on any atom is 0.416 e. The number of nitrogens with one attached hydrogen (secondary N) is 3. The number of rotatable bonds is 3. The standard InChI is InChI=1S/C16H14F3N3O2/c17-16(18,19)12-5-2-1-4-9(12)10-8-11(10)14(23)21-22-15(24)13-6-3-7-20-13/h1-7,10-11,20H,8H2,(H,21,23)(H,22,24)/t10-,11+/m1/s1. The van der Waals surface area contributed by atoms with E-state index in [2.05, 4.69) is 15.8 Å². The predicted octanol–water partition coefficient (Wildman–Crippen LogP) is 2.60. The molecule has 0 saturated heterocycles. The molecule has 1 saturated carbocycles. The van der Waals surface area contributed by atoms with Gasteiger partial charge in [0.05, 0.1) is 5.56 Å². The normalized spacial score (nSPS) is 19.6. The molecule has 5 nitrogen and oxygen atoms in total. The molecule has 2 atom stereocenters. The van der Waals surface area contributed by atoms with Crippen LogP contribution in [-0.2, 0) is 11.0 Å². The van der Waals surface area contributed by atoms with E-state index in [1.54, 1.807) is 12.3 Å². The fourth-order valence-corrected chi connectivity index (χ4v) is 2.66. The summed E-state index contributed by atoms with van der Waals surface area (Å²) in [6, 6.07) is 8.39. The monoisotopic (exact) mass is 337 g/mol. The number of carbonyl (C=O) groups excluding carboxylic acids is 2. The Labute approximate surface area is 135 Å². The quantitative estimate of drug-likeness (QED) is 0.753. The molecule has 1 heterocycles. The third kappa shape index (κ3) is 3.27. The van der Waals surface area contributed by atoms with Crippen LogP contribution in [0.1, 0.15) is 34.0 Å². The Hall–Kier alpha value is -2.77. The van der Waals surface area contributed by atoms with Crippen LogP contribution in [0.25, 0.3) is 0 Å². The summed E-state index contributed by atoms with van der Waals surface area (Å²) in [6.07, 6.45) is -2.58. The van der Waals surface area contributed by atoms with Crippen LogP contribution in [0, 0.1) is 5.92 Å². The lowest BCUT2D eigenvalue weighted by molar-refractivity contribution is -0.138. The van der Waals surface area contributed by atoms with E-state index in [1.165, 1.54) is 24.3 Å². The Morgan fingerprint density at radius 2 is 1.83 bits per heavy atom. The molecule has 2 aromatic rings. The van der Waals surface area contributed by atoms with Crippen LogP contribution in [0.5, 0.6) is 0 Å². The van der Waals surface area contributed by atoms with Gasteiger partial charge in [0.1, 0.15) is 5.69 Å². The van der Waals surface area contributed by atoms with Crippen LogP contribution in [0.3, 0.4) is 0 Å². The fourth-order valence-electron chi connectivity index (χ4n) is 2.66. The molecule has 126 valence electrons. The van der Waals surface area contributed by atoms with E-state index < -0.39 is 35.4 Å². The number of hydrazine groups is 1. The summed E-state index contributed by atoms with van der Waals surface area (Å²) < 4.78 is 39.0. The van der Waals surface area contributed by atoms with Gasteiger partial charge in [-0.15, -0.1) is 0 Å². The zero-order valence-electron chi connectivity index (χ0n) is 12.4. The topological polar surface area (TPSA) is 74.0 Å². The van der Waals surface area contributed by atoms with Crippen LogP contribution in [0.4, 0.5) is 13.2 Å². The third-order valence-corrected chi connectivity index (χ3v) is 3.93. The maximum atomic E-state index is 13.0. The summed E-state index contributed by atoms with van der Waals surface area (Å²) in [5.74, 6) is -2.11. The number of amides is 2. The van der Waals surface area contributed by atoms with Crippen molar-refractivity contribution in [2.45, 2.75) is 18.5 Å². The first kappa shape index (κ1) is 16.1. The van der Waals surface area contributed by atoms with Gasteiger partial charge in [-0.2, -0.15) is 13.2 Å². The Kier molecular flexibility index (Phi) is 4.04. The summed E-state index contributed by atoms with van der Waals surface area (Å²) in [7, 11) is 0. The van der Waals surface area contributed by atoms with Crippen molar-refractivity contribution in [2.24, 2.45) is 5.92 Å². The second kappa shape index (κ2) is 6.03. The molecule has 0 radical (unpaired) electrons. The van der Waals surface area contributed by atoms with Crippen molar-refractivity contribution in [3.8, 4) is 0 Å². The van der Waals surface area contributed by atoms with Crippen LogP contribution >= 0.6 is 0 Å². The van der Waals surface area contributed by atoms with Gasteiger partial charge < -0.3 is 4.98 Å². The van der Waals surface area contributed by atoms with Gasteiger partial charge in [0, 0.05) is 12.1 Å². The first-order chi connectivity index (χ1) is 11.4. The van der Waals surface area contributed by atoms with Crippen LogP contribution in [-0.4, -0.2) is 16.8 Å². The summed E-state index contributed by atoms with van der Waals surface area (Å²) in [5, 5.41) is 0. The third-order valence-electron chi connectivity index (χ3n) is 3.93. The van der Waals surface area contributed by atoms with Crippen molar-refractivity contribution in [1.82, 2.24) is 15.8 Å². The van der Waals surface area contributed by atoms with Gasteiger partial charge in [-0.25, -0.2) is 0 Å². The highest BCUT2D eigenvalue weighted by atomic mass is 19.4. The van der Waals surface area contributed by atoms with Crippen molar-refractivity contribution in [3.63, 3.8) is 0 Å². The number of H-pyrrole nitrogens is 1. The Morgan fingerprint density at radius 1 is 1.08 bits per heavy atom. The van der Waals surface area contributed by atoms with E-state index in [0.29, 0.717) is 6.42 Å². The Balaban J connectivity index is 1.61. The van der Waals surface area contributed by atoms with Crippen LogP contribution < -0.4 is 10.9 Å². The molecular weight excluding hydrogens is 323 g/mol. The summed E-state index contributed by atoms with van der Waals surface area (Å²) >= 11 is 0. The van der Waals surface area contributed by atoms with E-state index >= 15 is 0 Å². The number of aromatic amines is 1. The average Bonchev–Trinajstić information content (AvgIpc) is 3.16. The van der Waals surface area contributed by atoms with Crippen molar-refractivity contribution < 1.29 is 22.8 Å². The number of hydrogen-bond donors (Lipinski definition) is 3. The number of aromatic nitrogens is 1. The minimum absolute atomic E-state index is 0.112. The number of carbonyl (C=O) groups is 2. The smallest absolute Gasteiger partial charge is 0.357 e. The molecule has 3 N–H and O–H groups in total. The van der Waals surface area contributed by atoms with Gasteiger partial charge in [-0.05, 0) is 36.1 Å². The van der Waals surface area contributed by atoms with Crippen molar-refractivity contribution >= 4 is 11.8 Å². The van der Waals surface area contributed by atoms with Crippen molar-refractivity contribution in [1.29, 1.82) is 0 Å². The van der Waals surface area contributed by atoms with Crippen LogP contribution in [0.15, 0.2) is 42.6 Å². The predicted molar refractivity (Wildman–Crippen MR) is 78.7 cm³/mol. The molecule has 1 aliphatic rings. The van der Waals surface area contributed by atoms with E-state index in [-0.39, 0.29) is 11.3 Å². The Bertz CT molecular complexity index is 756. The van der Waals surface area contributed by atoms with Gasteiger partial charge in [-0.1, -0.05) is 18.2 Å². The highest BCUT2D eigenvalue weighted by Crippen LogP contribution is 2.50. The maximum absolute atomic E-state index is 13.0. The molecular formula is C16H14F3N3O2. The molecule has 0 unspecified atom stereocenters. The molecule has 8 heteroatoms. The molecule has 1 aromatic heterocycles. The van der Waals surface area contributed by atoms with E-state index in [4.69, 9.17) is 0 Å². The molecule has 1 aromatic carbocycles. The fraction of sp³-hybridized carbons (Fsp3) is 0.250. The number of benzene rings is 1. The first-order valence-electron chi connectivity index (χ1n) is 7.27. The lowest BCUT2D eigenvalue weighted by atomic mass is 10.0. The van der Waals surface area contributed by atoms with Gasteiger partial charge >= 0.3 is 6.18 Å². The van der Waals surface area contributed by atoms with Gasteiger partial charge in [0.2, 0.25) is 5.91 Å². The lowest BCUT2D eigenvalue weighted by Crippen LogP contribution is -2.42. The number of hydrogen-bond acceptors (Lipinski definition) is 2. The zero-order valence-corrected chi connectivity index (χ0v) is 12.4. The summed E-state index contributed by atoms with van der Waals surface area (Å²) in [5.41, 5.74) is 4.14. The van der Waals surface area contributed by atoms with Crippen molar-refractivity contribution in [3.05, 3.63) is 59.4 Å². The Morgan fingerprint density at radius 3 is 2.50 bits per heavy atom. The minimum Gasteiger partial charge on any atom is -0.357 e. The van der Waals surface area contributed by atoms with E-state index in [9.17, 15) is 22.8 Å². The second-order valence-electron chi connectivity index (χ2n) is 5.56. The van der Waals surface area contributed by atoms with Crippen LogP contribution in [0.2, 0.25) is 0 Å². The number of halogens is 3. The van der Waals surface area contributed by atoms with Gasteiger partial charge in [0.25, 0.3) is 5.91 Å². The summed E-state index contributed by atoms with van der Waals surface area (Å²) in [4.78, 5) is 26.4. The van der Waals surface area contributed by atoms with Gasteiger partial charge in [0.15, 0.2) is 0 Å². The summed E-state index contributed by atoms with van der Waals surface area (Å²) in [6.45, 7) is 0. The molecule has 1 aliphatic carbocycles. The molecule has 2 amide bonds. The minimum atomic E-state index is -4.46. The zero-order chi connectivity index (χ0) is 17.3. The highest BCUT2D eigenvalue weighted by Gasteiger charge is 2.47. The lowest BCUT2D eigenvalue weighted by Gasteiger charge is -2.12. The van der Waals surface area contributed by atoms with Gasteiger partial charge in [-0.3, -0.25) is 20.4 Å². The SMILES string of the molecule is O=C(NNC(=O)[C@H]1C[C@@H]1c1ccccc1C(F)(F)F)c1ccc[nH]1. The van der Waals surface area contributed by atoms with E-state index in [1.807, 2.05) is 0 Å². The largest absolute Gasteiger partial charge is 0.416 e. The molecule has 0 spiro atoms. The molecule has 1 fully saturated rings. The molecule has 3 rings (SSSR count). The van der Waals surface area contributed by atoms with Crippen molar-refractivity contribution in [2.75, 3.05) is 0 Å². The average molecular weight is 337 g/mol. The second-order valence-corrected chi connectivity index (χ2v) is 5.56. The highest BCUT2D eigenvalue weighted by molar-refractivity contribution is 5.94. The van der Waals surface area contributed by atoms with E-state index in [0.717, 1.165) is 6.07 Å². The first-order valence-corrected chi connectivity index (χ1v) is 7.27. The molecule has 0 bridgehead atoms. The molecule has 24 heavy (non-hydrogen) atoms. The molecule has 0 aliphatic heterocycles. The number of alkyl halides is 3.